The summed E-state index contributed by atoms with van der Waals surface area (Å²) in [4.78, 5) is 20.7. The largest absolute Gasteiger partial charge is 0.478 e. The molecule has 2 aromatic heterocycles. The molecule has 1 aromatic carbocycles. The standard InChI is InChI=1S/C23H28N4O2/c1-4-6-11-21-25-22(16(3)5-2)26-27(21)15-17-12-18(14-24-13-17)19-9-7-8-10-20(19)23(28)29/h7-10,12-14,16H,4-6,11,15H2,1-3H3,(H,28,29). The Balaban J connectivity index is 1.93. The van der Waals surface area contributed by atoms with Crippen molar-refractivity contribution in [3.63, 3.8) is 0 Å². The van der Waals surface area contributed by atoms with E-state index in [-0.39, 0.29) is 5.56 Å². The molecule has 3 rings (SSSR count). The lowest BCUT2D eigenvalue weighted by molar-refractivity contribution is 0.0697. The van der Waals surface area contributed by atoms with Crippen molar-refractivity contribution < 1.29 is 9.90 Å². The molecule has 29 heavy (non-hydrogen) atoms. The molecule has 0 fully saturated rings. The highest BCUT2D eigenvalue weighted by Gasteiger charge is 2.16. The van der Waals surface area contributed by atoms with Crippen molar-refractivity contribution >= 4 is 5.97 Å². The van der Waals surface area contributed by atoms with Gasteiger partial charge in [0.05, 0.1) is 12.1 Å². The Bertz CT molecular complexity index is 981. The van der Waals surface area contributed by atoms with Crippen LogP contribution in [0.25, 0.3) is 11.1 Å². The second-order valence-corrected chi connectivity index (χ2v) is 7.39. The molecule has 1 atom stereocenters. The minimum absolute atomic E-state index is 0.273. The maximum Gasteiger partial charge on any atom is 0.336 e. The van der Waals surface area contributed by atoms with Crippen LogP contribution < -0.4 is 0 Å². The highest BCUT2D eigenvalue weighted by atomic mass is 16.4. The molecule has 0 spiro atoms. The second-order valence-electron chi connectivity index (χ2n) is 7.39. The molecule has 152 valence electrons. The number of rotatable bonds is 9. The first kappa shape index (κ1) is 20.7. The summed E-state index contributed by atoms with van der Waals surface area (Å²) >= 11 is 0. The van der Waals surface area contributed by atoms with Gasteiger partial charge in [-0.15, -0.1) is 0 Å². The zero-order chi connectivity index (χ0) is 20.8. The van der Waals surface area contributed by atoms with Crippen LogP contribution in [0.4, 0.5) is 0 Å². The van der Waals surface area contributed by atoms with Crippen molar-refractivity contribution in [1.29, 1.82) is 0 Å². The van der Waals surface area contributed by atoms with E-state index in [2.05, 4.69) is 25.8 Å². The number of aryl methyl sites for hydroxylation is 1. The number of hydrogen-bond donors (Lipinski definition) is 1. The van der Waals surface area contributed by atoms with Gasteiger partial charge in [0, 0.05) is 30.3 Å². The Hall–Kier alpha value is -3.02. The van der Waals surface area contributed by atoms with Gasteiger partial charge in [0.25, 0.3) is 0 Å². The maximum atomic E-state index is 11.6. The fraction of sp³-hybridized carbons (Fsp3) is 0.391. The summed E-state index contributed by atoms with van der Waals surface area (Å²) in [6.07, 6.45) is 7.59. The van der Waals surface area contributed by atoms with E-state index in [9.17, 15) is 9.90 Å². The highest BCUT2D eigenvalue weighted by molar-refractivity contribution is 5.95. The average molecular weight is 393 g/mol. The highest BCUT2D eigenvalue weighted by Crippen LogP contribution is 2.24. The summed E-state index contributed by atoms with van der Waals surface area (Å²) in [6.45, 7) is 7.03. The zero-order valence-corrected chi connectivity index (χ0v) is 17.3. The van der Waals surface area contributed by atoms with Gasteiger partial charge in [0.1, 0.15) is 5.82 Å². The van der Waals surface area contributed by atoms with E-state index in [4.69, 9.17) is 10.1 Å². The van der Waals surface area contributed by atoms with Crippen LogP contribution in [-0.4, -0.2) is 30.8 Å². The Morgan fingerprint density at radius 3 is 2.72 bits per heavy atom. The van der Waals surface area contributed by atoms with E-state index in [1.54, 1.807) is 24.5 Å². The summed E-state index contributed by atoms with van der Waals surface area (Å²) in [7, 11) is 0. The van der Waals surface area contributed by atoms with E-state index in [0.717, 1.165) is 48.5 Å². The van der Waals surface area contributed by atoms with E-state index in [1.807, 2.05) is 22.9 Å². The Labute approximate surface area is 171 Å². The summed E-state index contributed by atoms with van der Waals surface area (Å²) in [6, 6.07) is 8.99. The quantitative estimate of drug-likeness (QED) is 0.558. The molecular weight excluding hydrogens is 364 g/mol. The Morgan fingerprint density at radius 2 is 2.00 bits per heavy atom. The normalized spacial score (nSPS) is 12.1. The number of carboxylic acids is 1. The molecule has 0 amide bonds. The van der Waals surface area contributed by atoms with Gasteiger partial charge in [0.2, 0.25) is 0 Å². The lowest BCUT2D eigenvalue weighted by Gasteiger charge is -2.09. The number of carboxylic acid groups (broad SMARTS) is 1. The molecule has 3 aromatic rings. The summed E-state index contributed by atoms with van der Waals surface area (Å²) in [5.74, 6) is 1.27. The third kappa shape index (κ3) is 4.88. The first-order valence-corrected chi connectivity index (χ1v) is 10.2. The second kappa shape index (κ2) is 9.45. The minimum Gasteiger partial charge on any atom is -0.478 e. The van der Waals surface area contributed by atoms with Gasteiger partial charge in [-0.05, 0) is 36.1 Å². The van der Waals surface area contributed by atoms with Gasteiger partial charge in [-0.1, -0.05) is 45.4 Å². The Kier molecular flexibility index (Phi) is 6.75. The lowest BCUT2D eigenvalue weighted by Crippen LogP contribution is -2.08. The van der Waals surface area contributed by atoms with Crippen molar-refractivity contribution in [3.8, 4) is 11.1 Å². The predicted molar refractivity (Wildman–Crippen MR) is 113 cm³/mol. The van der Waals surface area contributed by atoms with Crippen molar-refractivity contribution in [3.05, 3.63) is 65.5 Å². The number of nitrogens with zero attached hydrogens (tertiary/aromatic N) is 4. The van der Waals surface area contributed by atoms with Crippen LogP contribution >= 0.6 is 0 Å². The number of unbranched alkanes of at least 4 members (excludes halogenated alkanes) is 1. The monoisotopic (exact) mass is 392 g/mol. The number of pyridine rings is 1. The van der Waals surface area contributed by atoms with Crippen LogP contribution in [0.1, 0.15) is 73.5 Å². The topological polar surface area (TPSA) is 80.9 Å². The van der Waals surface area contributed by atoms with E-state index >= 15 is 0 Å². The van der Waals surface area contributed by atoms with Crippen molar-refractivity contribution in [2.45, 2.75) is 58.9 Å². The van der Waals surface area contributed by atoms with E-state index in [0.29, 0.717) is 18.0 Å². The summed E-state index contributed by atoms with van der Waals surface area (Å²) in [5, 5.41) is 14.2. The van der Waals surface area contributed by atoms with Gasteiger partial charge < -0.3 is 5.11 Å². The molecule has 6 nitrogen and oxygen atoms in total. The van der Waals surface area contributed by atoms with Crippen molar-refractivity contribution in [2.24, 2.45) is 0 Å². The number of aromatic nitrogens is 4. The fourth-order valence-electron chi connectivity index (χ4n) is 3.25. The lowest BCUT2D eigenvalue weighted by atomic mass is 10.00. The van der Waals surface area contributed by atoms with Crippen LogP contribution in [0.2, 0.25) is 0 Å². The summed E-state index contributed by atoms with van der Waals surface area (Å²) < 4.78 is 1.97. The molecule has 0 radical (unpaired) electrons. The van der Waals surface area contributed by atoms with Gasteiger partial charge in [0.15, 0.2) is 5.82 Å². The molecule has 0 saturated heterocycles. The number of carbonyl (C=O) groups is 1. The molecule has 0 aliphatic heterocycles. The summed E-state index contributed by atoms with van der Waals surface area (Å²) in [5.41, 5.74) is 2.70. The van der Waals surface area contributed by atoms with Gasteiger partial charge in [-0.2, -0.15) is 5.10 Å². The van der Waals surface area contributed by atoms with Crippen LogP contribution in [0.15, 0.2) is 42.7 Å². The SMILES string of the molecule is CCCCc1nc(C(C)CC)nn1Cc1cncc(-c2ccccc2C(=O)O)c1. The third-order valence-corrected chi connectivity index (χ3v) is 5.17. The predicted octanol–water partition coefficient (Wildman–Crippen LogP) is 4.94. The molecule has 0 aliphatic carbocycles. The molecule has 1 unspecified atom stereocenters. The van der Waals surface area contributed by atoms with E-state index < -0.39 is 5.97 Å². The zero-order valence-electron chi connectivity index (χ0n) is 17.3. The van der Waals surface area contributed by atoms with Gasteiger partial charge in [-0.3, -0.25) is 4.98 Å². The number of hydrogen-bond acceptors (Lipinski definition) is 4. The molecule has 6 heteroatoms. The molecule has 2 heterocycles. The first-order chi connectivity index (χ1) is 14.0. The molecule has 0 bridgehead atoms. The van der Waals surface area contributed by atoms with Crippen molar-refractivity contribution in [2.75, 3.05) is 0 Å². The fourth-order valence-corrected chi connectivity index (χ4v) is 3.25. The smallest absolute Gasteiger partial charge is 0.336 e. The molecule has 1 N–H and O–H groups in total. The maximum absolute atomic E-state index is 11.6. The number of benzene rings is 1. The van der Waals surface area contributed by atoms with Gasteiger partial charge in [-0.25, -0.2) is 14.5 Å². The molecule has 0 aliphatic rings. The molecule has 0 saturated carbocycles. The van der Waals surface area contributed by atoms with Crippen molar-refractivity contribution in [1.82, 2.24) is 19.7 Å². The van der Waals surface area contributed by atoms with Crippen LogP contribution in [-0.2, 0) is 13.0 Å². The van der Waals surface area contributed by atoms with Crippen LogP contribution in [0, 0.1) is 0 Å². The van der Waals surface area contributed by atoms with Crippen LogP contribution in [0.5, 0.6) is 0 Å². The Morgan fingerprint density at radius 1 is 1.21 bits per heavy atom. The van der Waals surface area contributed by atoms with Gasteiger partial charge >= 0.3 is 5.97 Å². The van der Waals surface area contributed by atoms with Crippen LogP contribution in [0.3, 0.4) is 0 Å². The number of aromatic carboxylic acids is 1. The van der Waals surface area contributed by atoms with E-state index in [1.165, 1.54) is 0 Å². The average Bonchev–Trinajstić information content (AvgIpc) is 3.14. The molecular formula is C23H28N4O2. The third-order valence-electron chi connectivity index (χ3n) is 5.17. The first-order valence-electron chi connectivity index (χ1n) is 10.2. The minimum atomic E-state index is -0.942.